The molecule has 0 aromatic carbocycles. The summed E-state index contributed by atoms with van der Waals surface area (Å²) in [5.74, 6) is 0. The Kier molecular flexibility index (Phi) is 2.89. The van der Waals surface area contributed by atoms with Crippen molar-refractivity contribution in [1.29, 1.82) is 0 Å². The topological polar surface area (TPSA) is 40.7 Å². The summed E-state index contributed by atoms with van der Waals surface area (Å²) in [6.45, 7) is 3.91. The molecule has 0 amide bonds. The van der Waals surface area contributed by atoms with Gasteiger partial charge in [-0.25, -0.2) is 0 Å². The fourth-order valence-electron chi connectivity index (χ4n) is 0.684. The van der Waals surface area contributed by atoms with Crippen LogP contribution in [0.15, 0.2) is 10.7 Å². The first-order valence-corrected chi connectivity index (χ1v) is 4.02. The Hall–Kier alpha value is -0.350. The van der Waals surface area contributed by atoms with E-state index in [1.807, 2.05) is 6.07 Å². The van der Waals surface area contributed by atoms with Crippen LogP contribution in [0, 0.1) is 0 Å². The number of nitrogens with one attached hydrogen (secondary N) is 2. The second-order valence-electron chi connectivity index (χ2n) is 2.00. The highest BCUT2D eigenvalue weighted by atomic mass is 79.9. The lowest BCUT2D eigenvalue weighted by atomic mass is 10.4. The molecule has 2 N–H and O–H groups in total. The Bertz CT molecular complexity index is 197. The molecule has 0 aliphatic heterocycles. The van der Waals surface area contributed by atoms with E-state index in [0.717, 1.165) is 23.4 Å². The summed E-state index contributed by atoms with van der Waals surface area (Å²) in [4.78, 5) is 0. The van der Waals surface area contributed by atoms with E-state index in [4.69, 9.17) is 0 Å². The highest BCUT2D eigenvalue weighted by Crippen LogP contribution is 2.05. The van der Waals surface area contributed by atoms with Crippen LogP contribution in [0.1, 0.15) is 12.6 Å². The van der Waals surface area contributed by atoms with Crippen LogP contribution in [0.2, 0.25) is 0 Å². The Morgan fingerprint density at radius 2 is 2.60 bits per heavy atom. The van der Waals surface area contributed by atoms with Crippen LogP contribution < -0.4 is 5.32 Å². The largest absolute Gasteiger partial charge is 0.311 e. The zero-order valence-corrected chi connectivity index (χ0v) is 7.40. The van der Waals surface area contributed by atoms with Crippen molar-refractivity contribution in [2.75, 3.05) is 6.54 Å². The Labute approximate surface area is 68.3 Å². The van der Waals surface area contributed by atoms with Gasteiger partial charge in [0.1, 0.15) is 4.60 Å². The zero-order valence-electron chi connectivity index (χ0n) is 5.82. The van der Waals surface area contributed by atoms with Crippen molar-refractivity contribution in [2.24, 2.45) is 0 Å². The van der Waals surface area contributed by atoms with Gasteiger partial charge in [-0.15, -0.1) is 0 Å². The van der Waals surface area contributed by atoms with E-state index in [0.29, 0.717) is 0 Å². The second kappa shape index (κ2) is 3.73. The molecule has 1 rings (SSSR count). The van der Waals surface area contributed by atoms with Crippen LogP contribution in [-0.4, -0.2) is 16.7 Å². The monoisotopic (exact) mass is 203 g/mol. The highest BCUT2D eigenvalue weighted by Gasteiger charge is 1.94. The van der Waals surface area contributed by atoms with Crippen molar-refractivity contribution in [2.45, 2.75) is 13.5 Å². The molecule has 0 saturated carbocycles. The van der Waals surface area contributed by atoms with Crippen molar-refractivity contribution in [3.05, 3.63) is 16.4 Å². The van der Waals surface area contributed by atoms with Crippen LogP contribution in [-0.2, 0) is 6.54 Å². The van der Waals surface area contributed by atoms with Gasteiger partial charge in [-0.3, -0.25) is 5.10 Å². The number of halogens is 1. The van der Waals surface area contributed by atoms with E-state index in [1.165, 1.54) is 0 Å². The Morgan fingerprint density at radius 1 is 1.80 bits per heavy atom. The van der Waals surface area contributed by atoms with E-state index in [2.05, 4.69) is 38.4 Å². The Morgan fingerprint density at radius 3 is 3.10 bits per heavy atom. The summed E-state index contributed by atoms with van der Waals surface area (Å²) < 4.78 is 0.861. The SMILES string of the molecule is CCNCc1cc(Br)n[nH]1. The fourth-order valence-corrected chi connectivity index (χ4v) is 1.05. The van der Waals surface area contributed by atoms with Crippen LogP contribution in [0.3, 0.4) is 0 Å². The molecule has 56 valence electrons. The van der Waals surface area contributed by atoms with E-state index >= 15 is 0 Å². The normalized spacial score (nSPS) is 10.2. The molecular weight excluding hydrogens is 194 g/mol. The highest BCUT2D eigenvalue weighted by molar-refractivity contribution is 9.10. The summed E-state index contributed by atoms with van der Waals surface area (Å²) in [6, 6.07) is 1.96. The molecule has 0 aliphatic rings. The lowest BCUT2D eigenvalue weighted by molar-refractivity contribution is 0.707. The third-order valence-corrected chi connectivity index (χ3v) is 1.57. The van der Waals surface area contributed by atoms with Crippen LogP contribution in [0.4, 0.5) is 0 Å². The molecule has 0 saturated heterocycles. The number of H-pyrrole nitrogens is 1. The van der Waals surface area contributed by atoms with Gasteiger partial charge in [0.15, 0.2) is 0 Å². The number of nitrogens with zero attached hydrogens (tertiary/aromatic N) is 1. The average Bonchev–Trinajstić information content (AvgIpc) is 2.31. The van der Waals surface area contributed by atoms with Crippen molar-refractivity contribution < 1.29 is 0 Å². The van der Waals surface area contributed by atoms with Gasteiger partial charge in [-0.1, -0.05) is 6.92 Å². The van der Waals surface area contributed by atoms with E-state index in [1.54, 1.807) is 0 Å². The van der Waals surface area contributed by atoms with Gasteiger partial charge >= 0.3 is 0 Å². The van der Waals surface area contributed by atoms with Crippen LogP contribution in [0.25, 0.3) is 0 Å². The van der Waals surface area contributed by atoms with Crippen molar-refractivity contribution in [3.8, 4) is 0 Å². The van der Waals surface area contributed by atoms with Crippen molar-refractivity contribution in [1.82, 2.24) is 15.5 Å². The second-order valence-corrected chi connectivity index (χ2v) is 2.81. The molecule has 4 heteroatoms. The van der Waals surface area contributed by atoms with Gasteiger partial charge in [0, 0.05) is 6.54 Å². The third-order valence-electron chi connectivity index (χ3n) is 1.17. The van der Waals surface area contributed by atoms with Gasteiger partial charge in [0.2, 0.25) is 0 Å². The summed E-state index contributed by atoms with van der Waals surface area (Å²) in [6.07, 6.45) is 0. The first-order valence-electron chi connectivity index (χ1n) is 3.23. The summed E-state index contributed by atoms with van der Waals surface area (Å²) in [5.41, 5.74) is 1.11. The number of hydrogen-bond donors (Lipinski definition) is 2. The van der Waals surface area contributed by atoms with Gasteiger partial charge < -0.3 is 5.32 Å². The lowest BCUT2D eigenvalue weighted by Gasteiger charge is -1.94. The molecule has 0 atom stereocenters. The molecule has 0 spiro atoms. The van der Waals surface area contributed by atoms with E-state index < -0.39 is 0 Å². The molecule has 10 heavy (non-hydrogen) atoms. The predicted octanol–water partition coefficient (Wildman–Crippen LogP) is 1.28. The van der Waals surface area contributed by atoms with E-state index in [-0.39, 0.29) is 0 Å². The molecule has 0 aliphatic carbocycles. The molecule has 0 unspecified atom stereocenters. The number of aromatic nitrogens is 2. The smallest absolute Gasteiger partial charge is 0.128 e. The van der Waals surface area contributed by atoms with Crippen molar-refractivity contribution in [3.63, 3.8) is 0 Å². The number of hydrogen-bond acceptors (Lipinski definition) is 2. The quantitative estimate of drug-likeness (QED) is 0.778. The molecule has 1 aromatic heterocycles. The minimum absolute atomic E-state index is 0.856. The fraction of sp³-hybridized carbons (Fsp3) is 0.500. The maximum Gasteiger partial charge on any atom is 0.128 e. The molecule has 1 aromatic rings. The number of aromatic amines is 1. The molecule has 0 fully saturated rings. The van der Waals surface area contributed by atoms with E-state index in [9.17, 15) is 0 Å². The zero-order chi connectivity index (χ0) is 7.40. The van der Waals surface area contributed by atoms with Crippen LogP contribution in [0.5, 0.6) is 0 Å². The Balaban J connectivity index is 2.42. The van der Waals surface area contributed by atoms with Gasteiger partial charge in [-0.05, 0) is 28.5 Å². The minimum atomic E-state index is 0.856. The van der Waals surface area contributed by atoms with Gasteiger partial charge in [0.05, 0.1) is 5.69 Å². The van der Waals surface area contributed by atoms with Gasteiger partial charge in [0.25, 0.3) is 0 Å². The molecule has 1 heterocycles. The first-order chi connectivity index (χ1) is 4.83. The summed E-state index contributed by atoms with van der Waals surface area (Å²) >= 11 is 3.25. The maximum atomic E-state index is 3.92. The molecular formula is C6H10BrN3. The summed E-state index contributed by atoms with van der Waals surface area (Å²) in [5, 5.41) is 9.99. The number of rotatable bonds is 3. The average molecular weight is 204 g/mol. The predicted molar refractivity (Wildman–Crippen MR) is 43.7 cm³/mol. The maximum absolute atomic E-state index is 3.92. The first kappa shape index (κ1) is 7.75. The van der Waals surface area contributed by atoms with Crippen molar-refractivity contribution >= 4 is 15.9 Å². The van der Waals surface area contributed by atoms with Gasteiger partial charge in [-0.2, -0.15) is 5.10 Å². The molecule has 0 bridgehead atoms. The van der Waals surface area contributed by atoms with Crippen LogP contribution >= 0.6 is 15.9 Å². The minimum Gasteiger partial charge on any atom is -0.311 e. The molecule has 0 radical (unpaired) electrons. The lowest BCUT2D eigenvalue weighted by Crippen LogP contribution is -2.11. The standard InChI is InChI=1S/C6H10BrN3/c1-2-8-4-5-3-6(7)10-9-5/h3,8H,2,4H2,1H3,(H,9,10). The third kappa shape index (κ3) is 2.11. The summed E-state index contributed by atoms with van der Waals surface area (Å²) in [7, 11) is 0. The molecule has 3 nitrogen and oxygen atoms in total.